The summed E-state index contributed by atoms with van der Waals surface area (Å²) in [6, 6.07) is 3.38. The number of carbonyl (C=O) groups is 3. The van der Waals surface area contributed by atoms with Crippen LogP contribution in [0, 0.1) is 11.8 Å². The van der Waals surface area contributed by atoms with Gasteiger partial charge in [0.15, 0.2) is 0 Å². The summed E-state index contributed by atoms with van der Waals surface area (Å²) in [5.41, 5.74) is 0.436. The molecule has 2 heterocycles. The number of hydrogen-bond acceptors (Lipinski definition) is 5. The van der Waals surface area contributed by atoms with Crippen LogP contribution in [0.4, 0.5) is 0 Å². The number of nitrogens with zero attached hydrogens (tertiary/aromatic N) is 4. The van der Waals surface area contributed by atoms with Crippen LogP contribution in [0.5, 0.6) is 0 Å². The van der Waals surface area contributed by atoms with Crippen LogP contribution in [-0.4, -0.2) is 63.1 Å². The van der Waals surface area contributed by atoms with Gasteiger partial charge in [0.05, 0.1) is 18.0 Å². The van der Waals surface area contributed by atoms with E-state index in [4.69, 9.17) is 0 Å². The number of rotatable bonds is 7. The summed E-state index contributed by atoms with van der Waals surface area (Å²) >= 11 is 0. The van der Waals surface area contributed by atoms with E-state index < -0.39 is 5.92 Å². The number of aromatic nitrogens is 1. The first kappa shape index (κ1) is 20.3. The number of pyridine rings is 1. The minimum atomic E-state index is -0.527. The van der Waals surface area contributed by atoms with Crippen molar-refractivity contribution in [2.24, 2.45) is 11.8 Å². The van der Waals surface area contributed by atoms with E-state index in [1.807, 2.05) is 0 Å². The predicted octanol–water partition coefficient (Wildman–Crippen LogP) is 2.11. The van der Waals surface area contributed by atoms with Gasteiger partial charge in [0.2, 0.25) is 12.3 Å². The fourth-order valence-corrected chi connectivity index (χ4v) is 4.22. The number of hydroxylamine groups is 2. The molecule has 8 heteroatoms. The maximum atomic E-state index is 13.3. The average molecular weight is 388 g/mol. The Hall–Kier alpha value is -2.48. The van der Waals surface area contributed by atoms with E-state index in [2.05, 4.69) is 4.98 Å². The third kappa shape index (κ3) is 4.86. The Morgan fingerprint density at radius 1 is 1.21 bits per heavy atom. The summed E-state index contributed by atoms with van der Waals surface area (Å²) in [5.74, 6) is -0.566. The summed E-state index contributed by atoms with van der Waals surface area (Å²) in [4.78, 5) is 41.2. The standard InChI is InChI=1S/C20H28N4O4/c25-15-22(28)14-18(12-16-6-1-2-7-16)20(27)24-11-4-3-10-23(24)19(26)17-8-5-9-21-13-17/h5,8-9,13,15-16,18,28H,1-4,6-7,10-12,14H2/t18-/m1/s1. The summed E-state index contributed by atoms with van der Waals surface area (Å²) in [5, 5.41) is 13.2. The van der Waals surface area contributed by atoms with E-state index in [9.17, 15) is 19.6 Å². The van der Waals surface area contributed by atoms with Crippen molar-refractivity contribution in [3.8, 4) is 0 Å². The van der Waals surface area contributed by atoms with Crippen LogP contribution >= 0.6 is 0 Å². The lowest BCUT2D eigenvalue weighted by Crippen LogP contribution is -2.56. The molecule has 1 saturated heterocycles. The molecule has 2 fully saturated rings. The molecule has 2 aliphatic rings. The average Bonchev–Trinajstić information content (AvgIpc) is 3.26. The molecule has 8 nitrogen and oxygen atoms in total. The quantitative estimate of drug-likeness (QED) is 0.439. The zero-order valence-corrected chi connectivity index (χ0v) is 16.1. The molecule has 1 atom stereocenters. The molecule has 1 saturated carbocycles. The highest BCUT2D eigenvalue weighted by Crippen LogP contribution is 2.32. The third-order valence-electron chi connectivity index (χ3n) is 5.65. The Kier molecular flexibility index (Phi) is 6.97. The van der Waals surface area contributed by atoms with Crippen molar-refractivity contribution in [3.05, 3.63) is 30.1 Å². The zero-order valence-electron chi connectivity index (χ0n) is 16.1. The van der Waals surface area contributed by atoms with Crippen molar-refractivity contribution in [2.45, 2.75) is 44.9 Å². The molecule has 1 aromatic heterocycles. The first-order valence-corrected chi connectivity index (χ1v) is 10.0. The van der Waals surface area contributed by atoms with Gasteiger partial charge in [-0.2, -0.15) is 0 Å². The molecular weight excluding hydrogens is 360 g/mol. The molecule has 1 aliphatic heterocycles. The maximum absolute atomic E-state index is 13.3. The van der Waals surface area contributed by atoms with Crippen molar-refractivity contribution < 1.29 is 19.6 Å². The van der Waals surface area contributed by atoms with E-state index in [1.54, 1.807) is 18.3 Å². The minimum Gasteiger partial charge on any atom is -0.286 e. The third-order valence-corrected chi connectivity index (χ3v) is 5.65. The van der Waals surface area contributed by atoms with Gasteiger partial charge in [-0.15, -0.1) is 0 Å². The molecule has 0 spiro atoms. The Bertz CT molecular complexity index is 678. The Balaban J connectivity index is 1.77. The first-order chi connectivity index (χ1) is 13.6. The first-order valence-electron chi connectivity index (χ1n) is 10.0. The van der Waals surface area contributed by atoms with Crippen LogP contribution in [0.2, 0.25) is 0 Å². The molecule has 1 aromatic rings. The highest BCUT2D eigenvalue weighted by Gasteiger charge is 2.35. The summed E-state index contributed by atoms with van der Waals surface area (Å²) in [7, 11) is 0. The smallest absolute Gasteiger partial charge is 0.274 e. The van der Waals surface area contributed by atoms with Gasteiger partial charge in [0, 0.05) is 25.5 Å². The fourth-order valence-electron chi connectivity index (χ4n) is 4.22. The molecule has 3 rings (SSSR count). The van der Waals surface area contributed by atoms with Gasteiger partial charge in [0.25, 0.3) is 5.91 Å². The lowest BCUT2D eigenvalue weighted by atomic mass is 9.92. The highest BCUT2D eigenvalue weighted by molar-refractivity contribution is 5.95. The molecule has 152 valence electrons. The van der Waals surface area contributed by atoms with Crippen molar-refractivity contribution in [1.82, 2.24) is 20.1 Å². The van der Waals surface area contributed by atoms with Crippen LogP contribution in [0.3, 0.4) is 0 Å². The molecule has 0 bridgehead atoms. The molecule has 3 amide bonds. The maximum Gasteiger partial charge on any atom is 0.274 e. The van der Waals surface area contributed by atoms with E-state index in [0.717, 1.165) is 38.5 Å². The summed E-state index contributed by atoms with van der Waals surface area (Å²) in [6.07, 6.45) is 10.1. The minimum absolute atomic E-state index is 0.0513. The molecule has 0 radical (unpaired) electrons. The van der Waals surface area contributed by atoms with Gasteiger partial charge in [-0.3, -0.25) is 29.6 Å². The Labute approximate surface area is 165 Å². The van der Waals surface area contributed by atoms with Crippen LogP contribution in [0.25, 0.3) is 0 Å². The summed E-state index contributed by atoms with van der Waals surface area (Å²) in [6.45, 7) is 0.870. The van der Waals surface area contributed by atoms with E-state index in [-0.39, 0.29) is 18.4 Å². The van der Waals surface area contributed by atoms with Crippen LogP contribution in [0.1, 0.15) is 55.3 Å². The second-order valence-electron chi connectivity index (χ2n) is 7.65. The highest BCUT2D eigenvalue weighted by atomic mass is 16.5. The van der Waals surface area contributed by atoms with Crippen molar-refractivity contribution in [2.75, 3.05) is 19.6 Å². The number of amides is 3. The second kappa shape index (κ2) is 9.64. The van der Waals surface area contributed by atoms with Gasteiger partial charge in [-0.25, -0.2) is 10.1 Å². The van der Waals surface area contributed by atoms with Crippen molar-refractivity contribution >= 4 is 18.2 Å². The van der Waals surface area contributed by atoms with Crippen LogP contribution in [0.15, 0.2) is 24.5 Å². The number of hydrogen-bond donors (Lipinski definition) is 1. The number of hydrazine groups is 1. The monoisotopic (exact) mass is 388 g/mol. The largest absolute Gasteiger partial charge is 0.286 e. The van der Waals surface area contributed by atoms with Crippen molar-refractivity contribution in [3.63, 3.8) is 0 Å². The fraction of sp³-hybridized carbons (Fsp3) is 0.600. The second-order valence-corrected chi connectivity index (χ2v) is 7.65. The van der Waals surface area contributed by atoms with Gasteiger partial charge >= 0.3 is 0 Å². The van der Waals surface area contributed by atoms with Gasteiger partial charge in [-0.1, -0.05) is 25.7 Å². The molecule has 0 unspecified atom stereocenters. The summed E-state index contributed by atoms with van der Waals surface area (Å²) < 4.78 is 0. The Morgan fingerprint density at radius 3 is 2.57 bits per heavy atom. The molecule has 1 N–H and O–H groups in total. The lowest BCUT2D eigenvalue weighted by molar-refractivity contribution is -0.164. The predicted molar refractivity (Wildman–Crippen MR) is 101 cm³/mol. The van der Waals surface area contributed by atoms with E-state index >= 15 is 0 Å². The molecular formula is C20H28N4O4. The Morgan fingerprint density at radius 2 is 1.93 bits per heavy atom. The normalized spacial score (nSPS) is 18.8. The lowest BCUT2D eigenvalue weighted by Gasteiger charge is -2.40. The topological polar surface area (TPSA) is 94.0 Å². The van der Waals surface area contributed by atoms with Gasteiger partial charge in [-0.05, 0) is 37.3 Å². The zero-order chi connectivity index (χ0) is 19.9. The van der Waals surface area contributed by atoms with Gasteiger partial charge in [0.1, 0.15) is 0 Å². The SMILES string of the molecule is O=CN(O)C[C@@H](CC1CCCC1)C(=O)N1CCCCN1C(=O)c1cccnc1. The number of carbonyl (C=O) groups excluding carboxylic acids is 3. The molecule has 0 aromatic carbocycles. The van der Waals surface area contributed by atoms with Crippen molar-refractivity contribution in [1.29, 1.82) is 0 Å². The molecule has 1 aliphatic carbocycles. The van der Waals surface area contributed by atoms with E-state index in [1.165, 1.54) is 16.2 Å². The van der Waals surface area contributed by atoms with Gasteiger partial charge < -0.3 is 0 Å². The van der Waals surface area contributed by atoms with E-state index in [0.29, 0.717) is 42.5 Å². The molecule has 28 heavy (non-hydrogen) atoms. The van der Waals surface area contributed by atoms with Crippen LogP contribution in [-0.2, 0) is 9.59 Å². The van der Waals surface area contributed by atoms with Crippen LogP contribution < -0.4 is 0 Å².